The third-order valence-electron chi connectivity index (χ3n) is 3.94. The molecular formula is C21H19ClN2O3. The number of fused-ring (bicyclic) bond motifs is 1. The molecule has 0 spiro atoms. The lowest BCUT2D eigenvalue weighted by Crippen LogP contribution is -2.20. The van der Waals surface area contributed by atoms with E-state index in [1.165, 1.54) is 0 Å². The van der Waals surface area contributed by atoms with Crippen LogP contribution in [0.2, 0.25) is 5.02 Å². The first-order valence-electron chi connectivity index (χ1n) is 8.56. The molecule has 2 N–H and O–H groups in total. The normalized spacial score (nSPS) is 10.4. The highest BCUT2D eigenvalue weighted by molar-refractivity contribution is 6.33. The zero-order chi connectivity index (χ0) is 19.2. The number of carbonyl (C=O) groups is 2. The summed E-state index contributed by atoms with van der Waals surface area (Å²) in [5, 5.41) is 7.95. The van der Waals surface area contributed by atoms with E-state index in [0.717, 1.165) is 10.8 Å². The molecule has 138 valence electrons. The molecule has 2 amide bonds. The Bertz CT molecular complexity index is 988. The summed E-state index contributed by atoms with van der Waals surface area (Å²) >= 11 is 6.12. The molecule has 0 aliphatic heterocycles. The fourth-order valence-corrected chi connectivity index (χ4v) is 2.71. The lowest BCUT2D eigenvalue weighted by atomic mass is 10.1. The Balaban J connectivity index is 1.63. The number of anilines is 2. The van der Waals surface area contributed by atoms with Gasteiger partial charge in [0.25, 0.3) is 5.91 Å². The van der Waals surface area contributed by atoms with Crippen LogP contribution in [0.25, 0.3) is 10.8 Å². The lowest BCUT2D eigenvalue weighted by molar-refractivity contribution is -0.118. The van der Waals surface area contributed by atoms with Crippen LogP contribution in [-0.4, -0.2) is 18.4 Å². The van der Waals surface area contributed by atoms with Crippen molar-refractivity contribution >= 4 is 45.6 Å². The molecule has 0 saturated carbocycles. The van der Waals surface area contributed by atoms with E-state index in [1.54, 1.807) is 25.1 Å². The van der Waals surface area contributed by atoms with Gasteiger partial charge in [-0.3, -0.25) is 9.59 Å². The van der Waals surface area contributed by atoms with Crippen LogP contribution in [-0.2, 0) is 9.59 Å². The molecule has 0 saturated heterocycles. The quantitative estimate of drug-likeness (QED) is 0.639. The zero-order valence-corrected chi connectivity index (χ0v) is 15.5. The molecule has 27 heavy (non-hydrogen) atoms. The largest absolute Gasteiger partial charge is 0.484 e. The van der Waals surface area contributed by atoms with Gasteiger partial charge in [-0.25, -0.2) is 0 Å². The third kappa shape index (κ3) is 4.99. The van der Waals surface area contributed by atoms with Gasteiger partial charge in [-0.05, 0) is 41.1 Å². The van der Waals surface area contributed by atoms with Gasteiger partial charge in [0, 0.05) is 12.1 Å². The Morgan fingerprint density at radius 2 is 1.70 bits per heavy atom. The van der Waals surface area contributed by atoms with E-state index in [4.69, 9.17) is 16.3 Å². The van der Waals surface area contributed by atoms with Crippen LogP contribution >= 0.6 is 11.6 Å². The van der Waals surface area contributed by atoms with Gasteiger partial charge in [-0.15, -0.1) is 0 Å². The average Bonchev–Trinajstić information content (AvgIpc) is 2.68. The Morgan fingerprint density at radius 3 is 2.48 bits per heavy atom. The molecule has 5 nitrogen and oxygen atoms in total. The van der Waals surface area contributed by atoms with Gasteiger partial charge in [0.1, 0.15) is 5.75 Å². The molecule has 0 bridgehead atoms. The number of carbonyl (C=O) groups excluding carboxylic acids is 2. The van der Waals surface area contributed by atoms with Gasteiger partial charge in [-0.1, -0.05) is 48.9 Å². The van der Waals surface area contributed by atoms with Crippen LogP contribution in [0, 0.1) is 0 Å². The highest BCUT2D eigenvalue weighted by Crippen LogP contribution is 2.26. The predicted molar refractivity (Wildman–Crippen MR) is 108 cm³/mol. The van der Waals surface area contributed by atoms with E-state index in [1.807, 2.05) is 42.5 Å². The Morgan fingerprint density at radius 1 is 0.926 bits per heavy atom. The molecule has 0 unspecified atom stereocenters. The van der Waals surface area contributed by atoms with E-state index < -0.39 is 0 Å². The van der Waals surface area contributed by atoms with E-state index in [0.29, 0.717) is 28.6 Å². The lowest BCUT2D eigenvalue weighted by Gasteiger charge is -2.11. The Labute approximate surface area is 162 Å². The maximum atomic E-state index is 12.2. The second-order valence-electron chi connectivity index (χ2n) is 5.94. The van der Waals surface area contributed by atoms with Crippen LogP contribution in [0.1, 0.15) is 13.3 Å². The standard InChI is InChI=1S/C21H19ClN2O3/c1-2-20(25)23-16-8-10-18(22)19(12-16)24-21(26)13-27-17-9-7-14-5-3-4-6-15(14)11-17/h3-12H,2,13H2,1H3,(H,23,25)(H,24,26). The van der Waals surface area contributed by atoms with Gasteiger partial charge in [0.15, 0.2) is 6.61 Å². The summed E-state index contributed by atoms with van der Waals surface area (Å²) in [6.45, 7) is 1.61. The van der Waals surface area contributed by atoms with Gasteiger partial charge in [0.05, 0.1) is 10.7 Å². The monoisotopic (exact) mass is 382 g/mol. The number of benzene rings is 3. The molecule has 0 atom stereocenters. The molecule has 3 aromatic rings. The molecule has 6 heteroatoms. The third-order valence-corrected chi connectivity index (χ3v) is 4.27. The highest BCUT2D eigenvalue weighted by Gasteiger charge is 2.09. The molecule has 0 aliphatic carbocycles. The minimum Gasteiger partial charge on any atom is -0.484 e. The van der Waals surface area contributed by atoms with Gasteiger partial charge >= 0.3 is 0 Å². The van der Waals surface area contributed by atoms with E-state index in [2.05, 4.69) is 10.6 Å². The topological polar surface area (TPSA) is 67.4 Å². The predicted octanol–water partition coefficient (Wildman–Crippen LogP) is 4.86. The van der Waals surface area contributed by atoms with Crippen molar-refractivity contribution in [3.63, 3.8) is 0 Å². The van der Waals surface area contributed by atoms with Crippen molar-refractivity contribution in [3.8, 4) is 5.75 Å². The number of ether oxygens (including phenoxy) is 1. The summed E-state index contributed by atoms with van der Waals surface area (Å²) in [5.41, 5.74) is 0.981. The first-order valence-corrected chi connectivity index (χ1v) is 8.94. The average molecular weight is 383 g/mol. The molecule has 3 aromatic carbocycles. The number of hydrogen-bond donors (Lipinski definition) is 2. The number of amides is 2. The van der Waals surface area contributed by atoms with Crippen molar-refractivity contribution in [1.29, 1.82) is 0 Å². The zero-order valence-electron chi connectivity index (χ0n) is 14.8. The van der Waals surface area contributed by atoms with Crippen molar-refractivity contribution in [2.75, 3.05) is 17.2 Å². The van der Waals surface area contributed by atoms with Crippen LogP contribution < -0.4 is 15.4 Å². The summed E-state index contributed by atoms with van der Waals surface area (Å²) in [6.07, 6.45) is 0.365. The molecule has 0 aliphatic rings. The molecule has 0 fully saturated rings. The molecule has 0 radical (unpaired) electrons. The van der Waals surface area contributed by atoms with Crippen molar-refractivity contribution in [3.05, 3.63) is 65.7 Å². The maximum Gasteiger partial charge on any atom is 0.262 e. The van der Waals surface area contributed by atoms with Crippen molar-refractivity contribution in [2.24, 2.45) is 0 Å². The van der Waals surface area contributed by atoms with Crippen LogP contribution in [0.5, 0.6) is 5.75 Å². The second-order valence-corrected chi connectivity index (χ2v) is 6.35. The Kier molecular flexibility index (Phi) is 5.94. The minimum atomic E-state index is -0.343. The summed E-state index contributed by atoms with van der Waals surface area (Å²) in [5.74, 6) is 0.150. The van der Waals surface area contributed by atoms with E-state index in [9.17, 15) is 9.59 Å². The fourth-order valence-electron chi connectivity index (χ4n) is 2.54. The van der Waals surface area contributed by atoms with E-state index >= 15 is 0 Å². The van der Waals surface area contributed by atoms with Crippen LogP contribution in [0.4, 0.5) is 11.4 Å². The smallest absolute Gasteiger partial charge is 0.262 e. The number of hydrogen-bond acceptors (Lipinski definition) is 3. The summed E-state index contributed by atoms with van der Waals surface area (Å²) in [6, 6.07) is 18.5. The van der Waals surface area contributed by atoms with E-state index in [-0.39, 0.29) is 18.4 Å². The molecule has 0 aromatic heterocycles. The Hall–Kier alpha value is -3.05. The molecule has 3 rings (SSSR count). The first-order chi connectivity index (χ1) is 13.0. The maximum absolute atomic E-state index is 12.2. The van der Waals surface area contributed by atoms with Crippen molar-refractivity contribution in [1.82, 2.24) is 0 Å². The second kappa shape index (κ2) is 8.56. The van der Waals surface area contributed by atoms with Gasteiger partial charge < -0.3 is 15.4 Å². The highest BCUT2D eigenvalue weighted by atomic mass is 35.5. The number of halogens is 1. The number of rotatable bonds is 6. The summed E-state index contributed by atoms with van der Waals surface area (Å²) in [7, 11) is 0. The summed E-state index contributed by atoms with van der Waals surface area (Å²) in [4.78, 5) is 23.7. The van der Waals surface area contributed by atoms with Gasteiger partial charge in [0.2, 0.25) is 5.91 Å². The first kappa shape index (κ1) is 18.7. The minimum absolute atomic E-state index is 0.116. The van der Waals surface area contributed by atoms with Crippen molar-refractivity contribution in [2.45, 2.75) is 13.3 Å². The SMILES string of the molecule is CCC(=O)Nc1ccc(Cl)c(NC(=O)COc2ccc3ccccc3c2)c1. The van der Waals surface area contributed by atoms with Crippen LogP contribution in [0.3, 0.4) is 0 Å². The van der Waals surface area contributed by atoms with Gasteiger partial charge in [-0.2, -0.15) is 0 Å². The molecular weight excluding hydrogens is 364 g/mol. The van der Waals surface area contributed by atoms with Crippen molar-refractivity contribution < 1.29 is 14.3 Å². The molecule has 0 heterocycles. The van der Waals surface area contributed by atoms with Crippen LogP contribution in [0.15, 0.2) is 60.7 Å². The fraction of sp³-hybridized carbons (Fsp3) is 0.143. The number of nitrogens with one attached hydrogen (secondary N) is 2. The summed E-state index contributed by atoms with van der Waals surface area (Å²) < 4.78 is 5.58.